The molecular formula is C8H12O. The second-order valence-corrected chi connectivity index (χ2v) is 3.76. The van der Waals surface area contributed by atoms with Gasteiger partial charge in [-0.3, -0.25) is 0 Å². The third-order valence-electron chi connectivity index (χ3n) is 3.69. The smallest absolute Gasteiger partial charge is 0.0636 e. The standard InChI is InChI=1S/C8H12O/c1-9-8-5-3-2-4-6(5)7(4)8/h4-8H,2-3H2,1H3/t4-,5+,6+,7+,8+/m0/s1. The van der Waals surface area contributed by atoms with Crippen LogP contribution < -0.4 is 0 Å². The molecule has 0 unspecified atom stereocenters. The van der Waals surface area contributed by atoms with Gasteiger partial charge >= 0.3 is 0 Å². The van der Waals surface area contributed by atoms with Gasteiger partial charge in [-0.2, -0.15) is 0 Å². The monoisotopic (exact) mass is 124 g/mol. The first-order valence-corrected chi connectivity index (χ1v) is 3.96. The van der Waals surface area contributed by atoms with Gasteiger partial charge in [-0.15, -0.1) is 0 Å². The Morgan fingerprint density at radius 2 is 1.89 bits per heavy atom. The van der Waals surface area contributed by atoms with Crippen LogP contribution in [0.25, 0.3) is 0 Å². The summed E-state index contributed by atoms with van der Waals surface area (Å²) < 4.78 is 5.37. The Kier molecular flexibility index (Phi) is 0.628. The maximum absolute atomic E-state index is 5.37. The molecule has 0 aromatic rings. The molecule has 0 aromatic carbocycles. The first kappa shape index (κ1) is 4.73. The first-order chi connectivity index (χ1) is 4.43. The highest BCUT2D eigenvalue weighted by Gasteiger charge is 2.72. The van der Waals surface area contributed by atoms with Gasteiger partial charge in [0.1, 0.15) is 0 Å². The predicted molar refractivity (Wildman–Crippen MR) is 34.0 cm³/mol. The minimum absolute atomic E-state index is 0.689. The Hall–Kier alpha value is -0.0400. The summed E-state index contributed by atoms with van der Waals surface area (Å²) in [5.41, 5.74) is 0. The van der Waals surface area contributed by atoms with E-state index in [9.17, 15) is 0 Å². The fourth-order valence-electron chi connectivity index (χ4n) is 3.31. The third kappa shape index (κ3) is 0.337. The quantitative estimate of drug-likeness (QED) is 0.511. The van der Waals surface area contributed by atoms with Crippen LogP contribution in [0.1, 0.15) is 12.8 Å². The highest BCUT2D eigenvalue weighted by molar-refractivity contribution is 5.20. The summed E-state index contributed by atoms with van der Waals surface area (Å²) >= 11 is 0. The van der Waals surface area contributed by atoms with E-state index < -0.39 is 0 Å². The van der Waals surface area contributed by atoms with Crippen molar-refractivity contribution in [2.45, 2.75) is 18.9 Å². The SMILES string of the molecule is CO[C@@H]1[C@@H]2CC[C@H]3[C@H]2[C@@H]31. The summed E-state index contributed by atoms with van der Waals surface area (Å²) in [6.45, 7) is 0. The predicted octanol–water partition coefficient (Wildman–Crippen LogP) is 1.29. The van der Waals surface area contributed by atoms with Gasteiger partial charge in [0.25, 0.3) is 0 Å². The van der Waals surface area contributed by atoms with E-state index in [0.29, 0.717) is 6.10 Å². The molecule has 3 aliphatic carbocycles. The van der Waals surface area contributed by atoms with E-state index in [1.807, 2.05) is 7.11 Å². The highest BCUT2D eigenvalue weighted by Crippen LogP contribution is 2.73. The lowest BCUT2D eigenvalue weighted by Crippen LogP contribution is -2.37. The average molecular weight is 124 g/mol. The summed E-state index contributed by atoms with van der Waals surface area (Å²) in [5, 5.41) is 0. The summed E-state index contributed by atoms with van der Waals surface area (Å²) in [4.78, 5) is 0. The highest BCUT2D eigenvalue weighted by atomic mass is 16.5. The maximum Gasteiger partial charge on any atom is 0.0636 e. The van der Waals surface area contributed by atoms with E-state index in [-0.39, 0.29) is 0 Å². The van der Waals surface area contributed by atoms with Gasteiger partial charge in [-0.05, 0) is 36.5 Å². The molecule has 0 amide bonds. The third-order valence-corrected chi connectivity index (χ3v) is 3.69. The van der Waals surface area contributed by atoms with Crippen LogP contribution in [0.4, 0.5) is 0 Å². The van der Waals surface area contributed by atoms with Crippen molar-refractivity contribution in [1.82, 2.24) is 0 Å². The summed E-state index contributed by atoms with van der Waals surface area (Å²) in [6, 6.07) is 0. The van der Waals surface area contributed by atoms with Crippen molar-refractivity contribution in [2.24, 2.45) is 23.7 Å². The minimum atomic E-state index is 0.689. The average Bonchev–Trinajstić information content (AvgIpc) is 2.31. The Morgan fingerprint density at radius 1 is 1.11 bits per heavy atom. The molecule has 0 saturated heterocycles. The van der Waals surface area contributed by atoms with E-state index >= 15 is 0 Å². The zero-order valence-corrected chi connectivity index (χ0v) is 5.71. The first-order valence-electron chi connectivity index (χ1n) is 3.96. The molecule has 3 rings (SSSR count). The van der Waals surface area contributed by atoms with E-state index in [2.05, 4.69) is 0 Å². The van der Waals surface area contributed by atoms with Crippen LogP contribution >= 0.6 is 0 Å². The van der Waals surface area contributed by atoms with E-state index in [0.717, 1.165) is 23.7 Å². The molecule has 0 aromatic heterocycles. The van der Waals surface area contributed by atoms with Gasteiger partial charge in [0.05, 0.1) is 6.10 Å². The molecule has 0 aliphatic heterocycles. The number of rotatable bonds is 1. The van der Waals surface area contributed by atoms with Gasteiger partial charge in [-0.25, -0.2) is 0 Å². The Labute approximate surface area is 55.4 Å². The second-order valence-electron chi connectivity index (χ2n) is 3.76. The van der Waals surface area contributed by atoms with Crippen molar-refractivity contribution < 1.29 is 4.74 Å². The van der Waals surface area contributed by atoms with E-state index in [1.165, 1.54) is 12.8 Å². The van der Waals surface area contributed by atoms with Gasteiger partial charge in [-0.1, -0.05) is 0 Å². The molecule has 0 spiro atoms. The van der Waals surface area contributed by atoms with Gasteiger partial charge in [0.2, 0.25) is 0 Å². The molecule has 1 heteroatoms. The Balaban J connectivity index is 1.86. The molecule has 3 saturated carbocycles. The van der Waals surface area contributed by atoms with Crippen molar-refractivity contribution in [1.29, 1.82) is 0 Å². The van der Waals surface area contributed by atoms with E-state index in [4.69, 9.17) is 4.74 Å². The summed E-state index contributed by atoms with van der Waals surface area (Å²) in [6.07, 6.45) is 3.67. The van der Waals surface area contributed by atoms with Crippen molar-refractivity contribution in [3.05, 3.63) is 0 Å². The van der Waals surface area contributed by atoms with Crippen molar-refractivity contribution >= 4 is 0 Å². The van der Waals surface area contributed by atoms with Crippen molar-refractivity contribution in [3.63, 3.8) is 0 Å². The zero-order valence-electron chi connectivity index (χ0n) is 5.71. The van der Waals surface area contributed by atoms with Crippen LogP contribution in [0.3, 0.4) is 0 Å². The fraction of sp³-hybridized carbons (Fsp3) is 1.00. The van der Waals surface area contributed by atoms with Crippen LogP contribution in [0.15, 0.2) is 0 Å². The summed E-state index contributed by atoms with van der Waals surface area (Å²) in [5.74, 6) is 4.26. The molecule has 1 nitrogen and oxygen atoms in total. The van der Waals surface area contributed by atoms with Crippen molar-refractivity contribution in [3.8, 4) is 0 Å². The molecule has 0 heterocycles. The molecule has 9 heavy (non-hydrogen) atoms. The molecule has 50 valence electrons. The lowest BCUT2D eigenvalue weighted by atomic mass is 9.79. The van der Waals surface area contributed by atoms with Crippen LogP contribution in [-0.2, 0) is 4.74 Å². The minimum Gasteiger partial charge on any atom is -0.381 e. The number of fused-ring (bicyclic) bond motifs is 1. The van der Waals surface area contributed by atoms with Crippen LogP contribution in [0, 0.1) is 23.7 Å². The topological polar surface area (TPSA) is 9.23 Å². The number of ether oxygens (including phenoxy) is 1. The molecule has 3 fully saturated rings. The number of hydrogen-bond donors (Lipinski definition) is 0. The molecular weight excluding hydrogens is 112 g/mol. The fourth-order valence-corrected chi connectivity index (χ4v) is 3.31. The normalized spacial score (nSPS) is 67.0. The Morgan fingerprint density at radius 3 is 2.22 bits per heavy atom. The van der Waals surface area contributed by atoms with E-state index in [1.54, 1.807) is 0 Å². The zero-order chi connectivity index (χ0) is 6.01. The van der Waals surface area contributed by atoms with Gasteiger partial charge in [0, 0.05) is 7.11 Å². The number of methoxy groups -OCH3 is 1. The Bertz CT molecular complexity index is 151. The number of hydrogen-bond acceptors (Lipinski definition) is 1. The molecule has 0 radical (unpaired) electrons. The van der Waals surface area contributed by atoms with Crippen LogP contribution in [0.5, 0.6) is 0 Å². The van der Waals surface area contributed by atoms with Crippen LogP contribution in [0.2, 0.25) is 0 Å². The molecule has 5 atom stereocenters. The molecule has 3 aliphatic rings. The van der Waals surface area contributed by atoms with Gasteiger partial charge in [0.15, 0.2) is 0 Å². The second kappa shape index (κ2) is 1.20. The molecule has 0 N–H and O–H groups in total. The largest absolute Gasteiger partial charge is 0.381 e. The van der Waals surface area contributed by atoms with Crippen molar-refractivity contribution in [2.75, 3.05) is 7.11 Å². The lowest BCUT2D eigenvalue weighted by Gasteiger charge is -2.34. The maximum atomic E-state index is 5.37. The van der Waals surface area contributed by atoms with Gasteiger partial charge < -0.3 is 4.74 Å². The lowest BCUT2D eigenvalue weighted by molar-refractivity contribution is -0.0352. The van der Waals surface area contributed by atoms with Crippen LogP contribution in [-0.4, -0.2) is 13.2 Å². The molecule has 0 bridgehead atoms. The summed E-state index contributed by atoms with van der Waals surface area (Å²) in [7, 11) is 1.87.